The van der Waals surface area contributed by atoms with E-state index >= 15 is 0 Å². The fourth-order valence-electron chi connectivity index (χ4n) is 1.64. The summed E-state index contributed by atoms with van der Waals surface area (Å²) in [7, 11) is 0. The average Bonchev–Trinajstić information content (AvgIpc) is 2.32. The van der Waals surface area contributed by atoms with Gasteiger partial charge in [-0.3, -0.25) is 15.5 Å². The fraction of sp³-hybridized carbons (Fsp3) is 0.300. The van der Waals surface area contributed by atoms with E-state index in [0.717, 1.165) is 16.1 Å². The summed E-state index contributed by atoms with van der Waals surface area (Å²) in [5.41, 5.74) is 10.00. The van der Waals surface area contributed by atoms with Crippen LogP contribution < -0.4 is 21.9 Å². The molecule has 0 saturated carbocycles. The van der Waals surface area contributed by atoms with Crippen LogP contribution in [-0.2, 0) is 11.3 Å². The first-order valence-electron chi connectivity index (χ1n) is 4.96. The number of rotatable bonds is 3. The van der Waals surface area contributed by atoms with E-state index in [-0.39, 0.29) is 5.91 Å². The number of benzene rings is 1. The van der Waals surface area contributed by atoms with E-state index in [2.05, 4.69) is 5.43 Å². The smallest absolute Gasteiger partial charge is 0.238 e. The second-order valence-electron chi connectivity index (χ2n) is 3.48. The lowest BCUT2D eigenvalue weighted by atomic mass is 10.2. The van der Waals surface area contributed by atoms with Gasteiger partial charge in [-0.25, -0.2) is 5.43 Å². The molecule has 0 radical (unpaired) electrons. The van der Waals surface area contributed by atoms with E-state index < -0.39 is 0 Å². The van der Waals surface area contributed by atoms with Crippen molar-refractivity contribution in [3.63, 3.8) is 0 Å². The van der Waals surface area contributed by atoms with Crippen LogP contribution in [0.25, 0.3) is 0 Å². The molecule has 0 aliphatic carbocycles. The van der Waals surface area contributed by atoms with Crippen LogP contribution in [-0.4, -0.2) is 18.3 Å². The summed E-state index contributed by atoms with van der Waals surface area (Å²) in [4.78, 5) is 14.5. The van der Waals surface area contributed by atoms with Gasteiger partial charge >= 0.3 is 0 Å². The highest BCUT2D eigenvalue weighted by Crippen LogP contribution is 2.35. The molecule has 0 fully saturated rings. The molecule has 1 aromatic rings. The molecule has 0 atom stereocenters. The number of hydrogen-bond acceptors (Lipinski definition) is 5. The van der Waals surface area contributed by atoms with Gasteiger partial charge in [-0.05, 0) is 17.7 Å². The Kier molecular flexibility index (Phi) is 3.45. The molecule has 1 aliphatic heterocycles. The molecular formula is C10H14N4OS. The van der Waals surface area contributed by atoms with Gasteiger partial charge in [-0.15, -0.1) is 11.8 Å². The maximum absolute atomic E-state index is 11.7. The van der Waals surface area contributed by atoms with Crippen LogP contribution in [0.4, 0.5) is 5.69 Å². The molecule has 1 amide bonds. The molecule has 5 N–H and O–H groups in total. The van der Waals surface area contributed by atoms with Crippen molar-refractivity contribution in [2.45, 2.75) is 11.4 Å². The predicted molar refractivity (Wildman–Crippen MR) is 64.7 cm³/mol. The molecule has 0 bridgehead atoms. The van der Waals surface area contributed by atoms with Crippen molar-refractivity contribution < 1.29 is 4.79 Å². The van der Waals surface area contributed by atoms with Crippen LogP contribution in [0.3, 0.4) is 0 Å². The third kappa shape index (κ3) is 2.05. The van der Waals surface area contributed by atoms with Crippen molar-refractivity contribution in [1.29, 1.82) is 0 Å². The Labute approximate surface area is 98.1 Å². The van der Waals surface area contributed by atoms with E-state index in [1.54, 1.807) is 16.7 Å². The standard InChI is InChI=1S/C10H14N4OS/c11-4-7-1-2-9-8(3-7)14(6-13-12)10(15)5-16-9/h1-3,13H,4-6,11-12H2. The second kappa shape index (κ2) is 4.84. The molecule has 0 spiro atoms. The van der Waals surface area contributed by atoms with Crippen LogP contribution in [0.1, 0.15) is 5.56 Å². The van der Waals surface area contributed by atoms with Crippen LogP contribution in [0.5, 0.6) is 0 Å². The Morgan fingerprint density at radius 2 is 2.31 bits per heavy atom. The largest absolute Gasteiger partial charge is 0.326 e. The number of nitrogens with zero attached hydrogens (tertiary/aromatic N) is 1. The molecule has 0 saturated heterocycles. The van der Waals surface area contributed by atoms with Crippen molar-refractivity contribution in [3.8, 4) is 0 Å². The topological polar surface area (TPSA) is 84.4 Å². The summed E-state index contributed by atoms with van der Waals surface area (Å²) in [5.74, 6) is 5.79. The number of carbonyl (C=O) groups excluding carboxylic acids is 1. The van der Waals surface area contributed by atoms with Crippen molar-refractivity contribution in [3.05, 3.63) is 23.8 Å². The zero-order valence-electron chi connectivity index (χ0n) is 8.77. The number of thioether (sulfide) groups is 1. The summed E-state index contributed by atoms with van der Waals surface area (Å²) in [6.07, 6.45) is 0. The lowest BCUT2D eigenvalue weighted by Gasteiger charge is -2.28. The molecule has 0 unspecified atom stereocenters. The summed E-state index contributed by atoms with van der Waals surface area (Å²) in [6.45, 7) is 0.788. The van der Waals surface area contributed by atoms with Crippen molar-refractivity contribution >= 4 is 23.4 Å². The zero-order chi connectivity index (χ0) is 11.5. The van der Waals surface area contributed by atoms with Gasteiger partial charge in [0, 0.05) is 11.4 Å². The quantitative estimate of drug-likeness (QED) is 0.510. The van der Waals surface area contributed by atoms with Gasteiger partial charge in [0.25, 0.3) is 0 Å². The molecule has 1 aromatic carbocycles. The maximum atomic E-state index is 11.7. The molecule has 16 heavy (non-hydrogen) atoms. The molecule has 0 aromatic heterocycles. The monoisotopic (exact) mass is 238 g/mol. The Hall–Kier alpha value is -1.08. The highest BCUT2D eigenvalue weighted by molar-refractivity contribution is 8.00. The van der Waals surface area contributed by atoms with E-state index in [9.17, 15) is 4.79 Å². The predicted octanol–water partition coefficient (Wildman–Crippen LogP) is 0.00480. The van der Waals surface area contributed by atoms with Crippen LogP contribution in [0, 0.1) is 0 Å². The first kappa shape index (κ1) is 11.4. The Balaban J connectivity index is 2.39. The lowest BCUT2D eigenvalue weighted by Crippen LogP contribution is -2.44. The van der Waals surface area contributed by atoms with E-state index in [1.165, 1.54) is 0 Å². The van der Waals surface area contributed by atoms with Gasteiger partial charge in [-0.2, -0.15) is 0 Å². The molecular weight excluding hydrogens is 224 g/mol. The fourth-order valence-corrected chi connectivity index (χ4v) is 2.56. The minimum absolute atomic E-state index is 0.0598. The Bertz CT molecular complexity index is 410. The van der Waals surface area contributed by atoms with Crippen LogP contribution >= 0.6 is 11.8 Å². The molecule has 1 aliphatic rings. The molecule has 5 nitrogen and oxygen atoms in total. The van der Waals surface area contributed by atoms with Gasteiger partial charge in [0.15, 0.2) is 0 Å². The van der Waals surface area contributed by atoms with Crippen molar-refractivity contribution in [1.82, 2.24) is 5.43 Å². The SMILES string of the molecule is NCc1ccc2c(c1)N(CNN)C(=O)CS2. The van der Waals surface area contributed by atoms with Crippen LogP contribution in [0.15, 0.2) is 23.1 Å². The molecule has 1 heterocycles. The summed E-state index contributed by atoms with van der Waals surface area (Å²) < 4.78 is 0. The first-order valence-corrected chi connectivity index (χ1v) is 5.94. The number of carbonyl (C=O) groups is 1. The van der Waals surface area contributed by atoms with Gasteiger partial charge in [-0.1, -0.05) is 6.07 Å². The normalized spacial score (nSPS) is 15.1. The Morgan fingerprint density at radius 1 is 1.50 bits per heavy atom. The van der Waals surface area contributed by atoms with Crippen molar-refractivity contribution in [2.24, 2.45) is 11.6 Å². The van der Waals surface area contributed by atoms with Gasteiger partial charge in [0.1, 0.15) is 0 Å². The minimum atomic E-state index is 0.0598. The van der Waals surface area contributed by atoms with Crippen molar-refractivity contribution in [2.75, 3.05) is 17.3 Å². The molecule has 2 rings (SSSR count). The number of hydrazine groups is 1. The second-order valence-corrected chi connectivity index (χ2v) is 4.50. The highest BCUT2D eigenvalue weighted by atomic mass is 32.2. The molecule has 86 valence electrons. The number of hydrogen-bond donors (Lipinski definition) is 3. The zero-order valence-corrected chi connectivity index (χ0v) is 9.59. The lowest BCUT2D eigenvalue weighted by molar-refractivity contribution is -0.116. The average molecular weight is 238 g/mol. The third-order valence-electron chi connectivity index (χ3n) is 2.45. The molecule has 6 heteroatoms. The highest BCUT2D eigenvalue weighted by Gasteiger charge is 2.24. The Morgan fingerprint density at radius 3 is 3.00 bits per heavy atom. The maximum Gasteiger partial charge on any atom is 0.238 e. The van der Waals surface area contributed by atoms with Crippen LogP contribution in [0.2, 0.25) is 0 Å². The summed E-state index contributed by atoms with van der Waals surface area (Å²) in [5, 5.41) is 0. The summed E-state index contributed by atoms with van der Waals surface area (Å²) in [6, 6.07) is 5.92. The minimum Gasteiger partial charge on any atom is -0.326 e. The number of amides is 1. The number of nitrogens with one attached hydrogen (secondary N) is 1. The number of fused-ring (bicyclic) bond motifs is 1. The van der Waals surface area contributed by atoms with E-state index in [1.807, 2.05) is 18.2 Å². The van der Waals surface area contributed by atoms with E-state index in [4.69, 9.17) is 11.6 Å². The van der Waals surface area contributed by atoms with E-state index in [0.29, 0.717) is 19.0 Å². The first-order chi connectivity index (χ1) is 7.76. The number of nitrogens with two attached hydrogens (primary N) is 2. The van der Waals surface area contributed by atoms with Gasteiger partial charge in [0.2, 0.25) is 5.91 Å². The van der Waals surface area contributed by atoms with Gasteiger partial charge < -0.3 is 5.73 Å². The summed E-state index contributed by atoms with van der Waals surface area (Å²) >= 11 is 1.54. The van der Waals surface area contributed by atoms with Gasteiger partial charge in [0.05, 0.1) is 18.1 Å². The number of anilines is 1. The third-order valence-corrected chi connectivity index (χ3v) is 3.50.